The van der Waals surface area contributed by atoms with Crippen LogP contribution in [0.25, 0.3) is 0 Å². The second-order valence-corrected chi connectivity index (χ2v) is 4.16. The molecule has 0 bridgehead atoms. The molecule has 4 nitrogen and oxygen atoms in total. The van der Waals surface area contributed by atoms with Gasteiger partial charge in [0.25, 0.3) is 0 Å². The molecule has 1 atom stereocenters. The summed E-state index contributed by atoms with van der Waals surface area (Å²) in [6.07, 6.45) is 2.03. The molecule has 0 aromatic heterocycles. The van der Waals surface area contributed by atoms with Crippen LogP contribution in [0.1, 0.15) is 26.7 Å². The van der Waals surface area contributed by atoms with Crippen LogP contribution in [0, 0.1) is 0 Å². The molecule has 0 saturated carbocycles. The zero-order valence-corrected chi connectivity index (χ0v) is 9.79. The number of unbranched alkanes of at least 4 members (excludes halogenated alkanes) is 1. The third-order valence-corrected chi connectivity index (χ3v) is 2.57. The topological polar surface area (TPSA) is 41.6 Å². The molecule has 1 aliphatic heterocycles. The van der Waals surface area contributed by atoms with Crippen LogP contribution >= 0.6 is 0 Å². The van der Waals surface area contributed by atoms with Gasteiger partial charge in [-0.15, -0.1) is 0 Å². The van der Waals surface area contributed by atoms with Crippen LogP contribution in [0.5, 0.6) is 0 Å². The van der Waals surface area contributed by atoms with E-state index in [9.17, 15) is 4.79 Å². The van der Waals surface area contributed by atoms with Gasteiger partial charge in [0, 0.05) is 25.7 Å². The Hall–Kier alpha value is -0.610. The SMILES string of the molecule is CCCCOC(=O)CN1CCN[C@H](C)C1. The van der Waals surface area contributed by atoms with E-state index >= 15 is 0 Å². The van der Waals surface area contributed by atoms with E-state index in [4.69, 9.17) is 4.74 Å². The van der Waals surface area contributed by atoms with Gasteiger partial charge < -0.3 is 10.1 Å². The minimum atomic E-state index is -0.0856. The molecule has 1 aliphatic rings. The summed E-state index contributed by atoms with van der Waals surface area (Å²) in [6, 6.07) is 0.474. The predicted octanol–water partition coefficient (Wildman–Crippen LogP) is 0.623. The summed E-state index contributed by atoms with van der Waals surface area (Å²) in [5.41, 5.74) is 0. The first-order valence-corrected chi connectivity index (χ1v) is 5.83. The maximum Gasteiger partial charge on any atom is 0.320 e. The van der Waals surface area contributed by atoms with Gasteiger partial charge in [0.2, 0.25) is 0 Å². The Balaban J connectivity index is 2.13. The number of ether oxygens (including phenoxy) is 1. The summed E-state index contributed by atoms with van der Waals surface area (Å²) in [5.74, 6) is -0.0856. The van der Waals surface area contributed by atoms with E-state index in [1.807, 2.05) is 0 Å². The van der Waals surface area contributed by atoms with Crippen molar-refractivity contribution in [3.63, 3.8) is 0 Å². The van der Waals surface area contributed by atoms with Gasteiger partial charge in [-0.25, -0.2) is 0 Å². The number of nitrogens with one attached hydrogen (secondary N) is 1. The van der Waals surface area contributed by atoms with Gasteiger partial charge in [-0.1, -0.05) is 13.3 Å². The summed E-state index contributed by atoms with van der Waals surface area (Å²) >= 11 is 0. The number of carbonyl (C=O) groups is 1. The molecule has 1 fully saturated rings. The van der Waals surface area contributed by atoms with Gasteiger partial charge in [-0.05, 0) is 13.3 Å². The fraction of sp³-hybridized carbons (Fsp3) is 0.909. The molecular formula is C11H22N2O2. The van der Waals surface area contributed by atoms with E-state index in [-0.39, 0.29) is 5.97 Å². The van der Waals surface area contributed by atoms with E-state index in [0.717, 1.165) is 32.5 Å². The minimum absolute atomic E-state index is 0.0856. The molecule has 0 amide bonds. The Bertz CT molecular complexity index is 197. The van der Waals surface area contributed by atoms with Crippen molar-refractivity contribution in [3.05, 3.63) is 0 Å². The summed E-state index contributed by atoms with van der Waals surface area (Å²) in [6.45, 7) is 8.06. The van der Waals surface area contributed by atoms with Gasteiger partial charge in [0.15, 0.2) is 0 Å². The Kier molecular flexibility index (Phi) is 5.65. The number of carbonyl (C=O) groups excluding carboxylic acids is 1. The van der Waals surface area contributed by atoms with Gasteiger partial charge >= 0.3 is 5.97 Å². The third kappa shape index (κ3) is 5.14. The Labute approximate surface area is 92.0 Å². The highest BCUT2D eigenvalue weighted by Gasteiger charge is 2.18. The van der Waals surface area contributed by atoms with Gasteiger partial charge in [-0.2, -0.15) is 0 Å². The molecule has 0 aromatic rings. The molecule has 1 rings (SSSR count). The van der Waals surface area contributed by atoms with Crippen LogP contribution in [0.3, 0.4) is 0 Å². The molecule has 0 spiro atoms. The van der Waals surface area contributed by atoms with Crippen LogP contribution < -0.4 is 5.32 Å². The monoisotopic (exact) mass is 214 g/mol. The summed E-state index contributed by atoms with van der Waals surface area (Å²) < 4.78 is 5.12. The normalized spacial score (nSPS) is 22.7. The zero-order valence-electron chi connectivity index (χ0n) is 9.79. The summed E-state index contributed by atoms with van der Waals surface area (Å²) in [5, 5.41) is 3.34. The fourth-order valence-corrected chi connectivity index (χ4v) is 1.71. The molecule has 0 aromatic carbocycles. The molecule has 0 unspecified atom stereocenters. The van der Waals surface area contributed by atoms with Gasteiger partial charge in [0.1, 0.15) is 0 Å². The van der Waals surface area contributed by atoms with Crippen molar-refractivity contribution < 1.29 is 9.53 Å². The fourth-order valence-electron chi connectivity index (χ4n) is 1.71. The van der Waals surface area contributed by atoms with Crippen LogP contribution in [0.2, 0.25) is 0 Å². The number of piperazine rings is 1. The average molecular weight is 214 g/mol. The summed E-state index contributed by atoms with van der Waals surface area (Å²) in [7, 11) is 0. The number of hydrogen-bond acceptors (Lipinski definition) is 4. The summed E-state index contributed by atoms with van der Waals surface area (Å²) in [4.78, 5) is 13.6. The highest BCUT2D eigenvalue weighted by molar-refractivity contribution is 5.71. The number of hydrogen-bond donors (Lipinski definition) is 1. The molecule has 4 heteroatoms. The lowest BCUT2D eigenvalue weighted by molar-refractivity contribution is -0.145. The van der Waals surface area contributed by atoms with Crippen LogP contribution in [-0.4, -0.2) is 49.7 Å². The van der Waals surface area contributed by atoms with Crippen molar-refractivity contribution in [1.29, 1.82) is 0 Å². The van der Waals surface area contributed by atoms with Crippen molar-refractivity contribution in [1.82, 2.24) is 10.2 Å². The number of esters is 1. The second kappa shape index (κ2) is 6.80. The highest BCUT2D eigenvalue weighted by atomic mass is 16.5. The first kappa shape index (κ1) is 12.5. The number of rotatable bonds is 5. The highest BCUT2D eigenvalue weighted by Crippen LogP contribution is 1.99. The smallest absolute Gasteiger partial charge is 0.320 e. The second-order valence-electron chi connectivity index (χ2n) is 4.16. The maximum atomic E-state index is 11.4. The van der Waals surface area contributed by atoms with Gasteiger partial charge in [-0.3, -0.25) is 9.69 Å². The minimum Gasteiger partial charge on any atom is -0.465 e. The average Bonchev–Trinajstić information content (AvgIpc) is 2.18. The van der Waals surface area contributed by atoms with Gasteiger partial charge in [0.05, 0.1) is 13.2 Å². The Morgan fingerprint density at radius 1 is 1.60 bits per heavy atom. The molecule has 0 aliphatic carbocycles. The number of nitrogens with zero attached hydrogens (tertiary/aromatic N) is 1. The Morgan fingerprint density at radius 2 is 2.40 bits per heavy atom. The third-order valence-electron chi connectivity index (χ3n) is 2.57. The zero-order chi connectivity index (χ0) is 11.1. The lowest BCUT2D eigenvalue weighted by atomic mass is 10.2. The first-order valence-electron chi connectivity index (χ1n) is 5.83. The molecular weight excluding hydrogens is 192 g/mol. The maximum absolute atomic E-state index is 11.4. The van der Waals surface area contributed by atoms with Crippen molar-refractivity contribution in [2.75, 3.05) is 32.8 Å². The van der Waals surface area contributed by atoms with Crippen LogP contribution in [0.15, 0.2) is 0 Å². The van der Waals surface area contributed by atoms with E-state index in [2.05, 4.69) is 24.1 Å². The molecule has 15 heavy (non-hydrogen) atoms. The van der Waals surface area contributed by atoms with E-state index in [0.29, 0.717) is 19.2 Å². The molecule has 1 saturated heterocycles. The molecule has 1 N–H and O–H groups in total. The Morgan fingerprint density at radius 3 is 3.07 bits per heavy atom. The largest absolute Gasteiger partial charge is 0.465 e. The van der Waals surface area contributed by atoms with Crippen molar-refractivity contribution in [3.8, 4) is 0 Å². The van der Waals surface area contributed by atoms with Crippen molar-refractivity contribution in [2.45, 2.75) is 32.7 Å². The van der Waals surface area contributed by atoms with E-state index in [1.165, 1.54) is 0 Å². The quantitative estimate of drug-likeness (QED) is 0.538. The van der Waals surface area contributed by atoms with E-state index < -0.39 is 0 Å². The van der Waals surface area contributed by atoms with E-state index in [1.54, 1.807) is 0 Å². The predicted molar refractivity (Wildman–Crippen MR) is 59.8 cm³/mol. The molecule has 88 valence electrons. The van der Waals surface area contributed by atoms with Crippen LogP contribution in [0.4, 0.5) is 0 Å². The standard InChI is InChI=1S/C11H22N2O2/c1-3-4-7-15-11(14)9-13-6-5-12-10(2)8-13/h10,12H,3-9H2,1-2H3/t10-/m1/s1. The molecule has 0 radical (unpaired) electrons. The molecule has 1 heterocycles. The van der Waals surface area contributed by atoms with Crippen molar-refractivity contribution in [2.24, 2.45) is 0 Å². The lowest BCUT2D eigenvalue weighted by Gasteiger charge is -2.30. The van der Waals surface area contributed by atoms with Crippen molar-refractivity contribution >= 4 is 5.97 Å². The first-order chi connectivity index (χ1) is 7.22. The lowest BCUT2D eigenvalue weighted by Crippen LogP contribution is -2.50. The van der Waals surface area contributed by atoms with Crippen LogP contribution in [-0.2, 0) is 9.53 Å².